The Kier molecular flexibility index (Phi) is 44.2. The van der Waals surface area contributed by atoms with Gasteiger partial charge in [0.05, 0.1) is 18.8 Å². The van der Waals surface area contributed by atoms with E-state index in [4.69, 9.17) is 9.47 Å². The van der Waals surface area contributed by atoms with E-state index in [9.17, 15) is 14.7 Å². The van der Waals surface area contributed by atoms with E-state index >= 15 is 0 Å². The molecule has 1 atom stereocenters. The fourth-order valence-corrected chi connectivity index (χ4v) is 6.33. The first-order valence-corrected chi connectivity index (χ1v) is 21.4. The van der Waals surface area contributed by atoms with Crippen LogP contribution in [0.1, 0.15) is 220 Å². The molecule has 1 unspecified atom stereocenters. The van der Waals surface area contributed by atoms with Gasteiger partial charge in [0, 0.05) is 26.5 Å². The largest absolute Gasteiger partial charge is 0.466 e. The quantitative estimate of drug-likeness (QED) is 0.0393. The summed E-state index contributed by atoms with van der Waals surface area (Å²) in [5.41, 5.74) is 0. The van der Waals surface area contributed by atoms with E-state index in [0.717, 1.165) is 77.2 Å². The zero-order chi connectivity index (χ0) is 36.5. The highest BCUT2D eigenvalue weighted by atomic mass is 16.5. The minimum Gasteiger partial charge on any atom is -0.466 e. The van der Waals surface area contributed by atoms with Gasteiger partial charge in [-0.3, -0.25) is 4.79 Å². The number of likely N-dealkylation sites (N-methyl/N-ethyl adjacent to an activating group) is 1. The van der Waals surface area contributed by atoms with E-state index in [1.807, 2.05) is 7.11 Å². The number of hydrogen-bond acceptors (Lipinski definition) is 6. The average molecular weight is 698 g/mol. The summed E-state index contributed by atoms with van der Waals surface area (Å²) in [6.07, 6.45) is 38.2. The molecule has 294 valence electrons. The Bertz CT molecular complexity index is 630. The number of aliphatic hydroxyl groups excluding tert-OH is 1. The SMILES string of the molecule is CCCCCCCCC(CCCCCCCC)OC.CCCCCCCCOC(=O)CCCCCCCN(C)CC(O)CCCCCC=O. The standard InChI is InChI=1S/C25H49NO4.C18H38O/c1-3-4-5-6-12-17-22-30-25(29)19-14-8-7-10-15-20-26(2)23-24(28)18-13-9-11-16-21-27;1-4-6-8-10-12-14-16-18(19-3)17-15-13-11-9-7-5-2/h21,24,28H,3-20,22-23H2,1-2H3;18H,4-17H2,1-3H3. The molecule has 0 fully saturated rings. The van der Waals surface area contributed by atoms with Gasteiger partial charge in [0.15, 0.2) is 0 Å². The molecule has 0 amide bonds. The summed E-state index contributed by atoms with van der Waals surface area (Å²) >= 11 is 0. The zero-order valence-corrected chi connectivity index (χ0v) is 33.8. The monoisotopic (exact) mass is 698 g/mol. The lowest BCUT2D eigenvalue weighted by atomic mass is 10.0. The molecule has 6 nitrogen and oxygen atoms in total. The summed E-state index contributed by atoms with van der Waals surface area (Å²) in [5.74, 6) is -0.0385. The fraction of sp³-hybridized carbons (Fsp3) is 0.953. The van der Waals surface area contributed by atoms with Crippen molar-refractivity contribution in [3.63, 3.8) is 0 Å². The highest BCUT2D eigenvalue weighted by Crippen LogP contribution is 2.16. The Morgan fingerprint density at radius 2 is 1.06 bits per heavy atom. The second-order valence-corrected chi connectivity index (χ2v) is 14.7. The Balaban J connectivity index is 0. The molecular formula is C43H87NO5. The molecule has 0 saturated carbocycles. The number of carbonyl (C=O) groups is 2. The van der Waals surface area contributed by atoms with Crippen molar-refractivity contribution in [2.75, 3.05) is 33.9 Å². The van der Waals surface area contributed by atoms with Crippen LogP contribution in [0.15, 0.2) is 0 Å². The van der Waals surface area contributed by atoms with Crippen LogP contribution in [0.25, 0.3) is 0 Å². The maximum absolute atomic E-state index is 11.7. The molecule has 0 aromatic rings. The fourth-order valence-electron chi connectivity index (χ4n) is 6.33. The van der Waals surface area contributed by atoms with Crippen molar-refractivity contribution in [1.82, 2.24) is 4.90 Å². The van der Waals surface area contributed by atoms with E-state index in [1.165, 1.54) is 128 Å². The number of methoxy groups -OCH3 is 1. The van der Waals surface area contributed by atoms with Crippen LogP contribution >= 0.6 is 0 Å². The number of nitrogens with zero attached hydrogens (tertiary/aromatic N) is 1. The third kappa shape index (κ3) is 43.1. The number of aliphatic hydroxyl groups is 1. The summed E-state index contributed by atoms with van der Waals surface area (Å²) in [6.45, 7) is 9.08. The van der Waals surface area contributed by atoms with Gasteiger partial charge in [-0.25, -0.2) is 0 Å². The Morgan fingerprint density at radius 1 is 0.612 bits per heavy atom. The van der Waals surface area contributed by atoms with Crippen molar-refractivity contribution in [1.29, 1.82) is 0 Å². The topological polar surface area (TPSA) is 76.1 Å². The molecule has 0 spiro atoms. The van der Waals surface area contributed by atoms with Crippen molar-refractivity contribution in [3.8, 4) is 0 Å². The third-order valence-corrected chi connectivity index (χ3v) is 9.66. The molecule has 0 aromatic carbocycles. The number of esters is 1. The van der Waals surface area contributed by atoms with Crippen molar-refractivity contribution >= 4 is 12.3 Å². The molecule has 0 aliphatic rings. The lowest BCUT2D eigenvalue weighted by molar-refractivity contribution is -0.143. The van der Waals surface area contributed by atoms with Crippen molar-refractivity contribution in [2.24, 2.45) is 0 Å². The lowest BCUT2D eigenvalue weighted by Gasteiger charge is -2.20. The molecule has 6 heteroatoms. The van der Waals surface area contributed by atoms with Crippen LogP contribution in [0.5, 0.6) is 0 Å². The van der Waals surface area contributed by atoms with Crippen LogP contribution in [-0.4, -0.2) is 68.3 Å². The minimum atomic E-state index is -0.270. The maximum atomic E-state index is 11.7. The Morgan fingerprint density at radius 3 is 1.59 bits per heavy atom. The van der Waals surface area contributed by atoms with Gasteiger partial charge in [0.25, 0.3) is 0 Å². The molecule has 49 heavy (non-hydrogen) atoms. The van der Waals surface area contributed by atoms with Crippen LogP contribution in [0.3, 0.4) is 0 Å². The molecule has 0 aliphatic heterocycles. The summed E-state index contributed by atoms with van der Waals surface area (Å²) in [6, 6.07) is 0. The van der Waals surface area contributed by atoms with E-state index in [1.54, 1.807) is 0 Å². The summed E-state index contributed by atoms with van der Waals surface area (Å²) in [5, 5.41) is 10.1. The van der Waals surface area contributed by atoms with E-state index in [2.05, 4.69) is 32.7 Å². The Hall–Kier alpha value is -0.980. The lowest BCUT2D eigenvalue weighted by Crippen LogP contribution is -2.29. The number of hydrogen-bond donors (Lipinski definition) is 1. The number of aldehydes is 1. The molecule has 0 aromatic heterocycles. The Labute approximate surface area is 306 Å². The summed E-state index contributed by atoms with van der Waals surface area (Å²) < 4.78 is 10.9. The second-order valence-electron chi connectivity index (χ2n) is 14.7. The molecule has 0 rings (SSSR count). The van der Waals surface area contributed by atoms with Gasteiger partial charge in [-0.05, 0) is 58.5 Å². The van der Waals surface area contributed by atoms with Crippen molar-refractivity contribution < 1.29 is 24.2 Å². The van der Waals surface area contributed by atoms with Crippen LogP contribution in [-0.2, 0) is 19.1 Å². The normalized spacial score (nSPS) is 11.9. The van der Waals surface area contributed by atoms with E-state index in [-0.39, 0.29) is 12.1 Å². The first-order chi connectivity index (χ1) is 23.9. The third-order valence-electron chi connectivity index (χ3n) is 9.66. The average Bonchev–Trinajstić information content (AvgIpc) is 3.09. The summed E-state index contributed by atoms with van der Waals surface area (Å²) in [7, 11) is 3.95. The number of carbonyl (C=O) groups excluding carboxylic acids is 2. The van der Waals surface area contributed by atoms with Crippen LogP contribution < -0.4 is 0 Å². The first-order valence-electron chi connectivity index (χ1n) is 21.4. The molecule has 0 bridgehead atoms. The number of ether oxygens (including phenoxy) is 2. The van der Waals surface area contributed by atoms with Crippen molar-refractivity contribution in [3.05, 3.63) is 0 Å². The predicted molar refractivity (Wildman–Crippen MR) is 211 cm³/mol. The maximum Gasteiger partial charge on any atom is 0.305 e. The van der Waals surface area contributed by atoms with E-state index < -0.39 is 0 Å². The second kappa shape index (κ2) is 43.2. The summed E-state index contributed by atoms with van der Waals surface area (Å²) in [4.78, 5) is 24.2. The van der Waals surface area contributed by atoms with Crippen LogP contribution in [0.4, 0.5) is 0 Å². The van der Waals surface area contributed by atoms with Gasteiger partial charge in [0.2, 0.25) is 0 Å². The van der Waals surface area contributed by atoms with Crippen LogP contribution in [0.2, 0.25) is 0 Å². The van der Waals surface area contributed by atoms with Crippen LogP contribution in [0, 0.1) is 0 Å². The minimum absolute atomic E-state index is 0.0385. The van der Waals surface area contributed by atoms with Gasteiger partial charge in [0.1, 0.15) is 6.29 Å². The highest BCUT2D eigenvalue weighted by molar-refractivity contribution is 5.69. The smallest absolute Gasteiger partial charge is 0.305 e. The molecular weight excluding hydrogens is 610 g/mol. The van der Waals surface area contributed by atoms with Gasteiger partial charge in [-0.15, -0.1) is 0 Å². The van der Waals surface area contributed by atoms with Crippen molar-refractivity contribution in [2.45, 2.75) is 232 Å². The van der Waals surface area contributed by atoms with Gasteiger partial charge in [-0.1, -0.05) is 162 Å². The predicted octanol–water partition coefficient (Wildman–Crippen LogP) is 12.2. The molecule has 0 saturated heterocycles. The highest BCUT2D eigenvalue weighted by Gasteiger charge is 2.09. The number of rotatable bonds is 38. The molecule has 0 aliphatic carbocycles. The molecule has 0 heterocycles. The van der Waals surface area contributed by atoms with Gasteiger partial charge in [-0.2, -0.15) is 0 Å². The van der Waals surface area contributed by atoms with Gasteiger partial charge >= 0.3 is 5.97 Å². The van der Waals surface area contributed by atoms with Gasteiger partial charge < -0.3 is 24.3 Å². The number of unbranched alkanes of at least 4 members (excludes halogenated alkanes) is 22. The zero-order valence-electron chi connectivity index (χ0n) is 33.8. The first kappa shape index (κ1) is 50.1. The van der Waals surface area contributed by atoms with E-state index in [0.29, 0.717) is 25.6 Å². The molecule has 1 N–H and O–H groups in total. The molecule has 0 radical (unpaired) electrons.